The molecule has 0 bridgehead atoms. The molecule has 2 aromatic carbocycles. The molecule has 3 nitrogen and oxygen atoms in total. The van der Waals surface area contributed by atoms with E-state index in [0.29, 0.717) is 12.0 Å². The number of fused-ring (bicyclic) bond motifs is 1. The van der Waals surface area contributed by atoms with Gasteiger partial charge in [-0.2, -0.15) is 0 Å². The topological polar surface area (TPSA) is 15.7 Å². The molecule has 0 N–H and O–H groups in total. The quantitative estimate of drug-likeness (QED) is 0.840. The van der Waals surface area contributed by atoms with Gasteiger partial charge in [-0.15, -0.1) is 0 Å². The zero-order valence-corrected chi connectivity index (χ0v) is 15.1. The summed E-state index contributed by atoms with van der Waals surface area (Å²) in [7, 11) is 1.71. The molecular formula is C22H26N2O. The molecule has 0 aromatic heterocycles. The number of anilines is 1. The Morgan fingerprint density at radius 2 is 1.68 bits per heavy atom. The molecule has 1 saturated heterocycles. The van der Waals surface area contributed by atoms with Crippen molar-refractivity contribution in [1.82, 2.24) is 4.90 Å². The van der Waals surface area contributed by atoms with E-state index in [1.807, 2.05) is 12.1 Å². The third-order valence-electron chi connectivity index (χ3n) is 5.69. The van der Waals surface area contributed by atoms with Crippen molar-refractivity contribution in [2.45, 2.75) is 18.9 Å². The van der Waals surface area contributed by atoms with Crippen LogP contribution in [0.1, 0.15) is 24.0 Å². The molecule has 0 amide bonds. The highest BCUT2D eigenvalue weighted by Gasteiger charge is 2.29. The van der Waals surface area contributed by atoms with Gasteiger partial charge in [-0.05, 0) is 42.3 Å². The van der Waals surface area contributed by atoms with Gasteiger partial charge in [0.05, 0.1) is 7.11 Å². The summed E-state index contributed by atoms with van der Waals surface area (Å²) in [5.41, 5.74) is 4.16. The van der Waals surface area contributed by atoms with Gasteiger partial charge in [0.1, 0.15) is 5.75 Å². The molecule has 2 aliphatic rings. The Morgan fingerprint density at radius 1 is 0.960 bits per heavy atom. The first-order valence-corrected chi connectivity index (χ1v) is 9.16. The van der Waals surface area contributed by atoms with Crippen molar-refractivity contribution < 1.29 is 4.74 Å². The molecule has 0 spiro atoms. The molecule has 2 atom stereocenters. The molecule has 25 heavy (non-hydrogen) atoms. The summed E-state index contributed by atoms with van der Waals surface area (Å²) < 4.78 is 5.26. The second-order valence-electron chi connectivity index (χ2n) is 6.98. The lowest BCUT2D eigenvalue weighted by atomic mass is 9.93. The van der Waals surface area contributed by atoms with E-state index in [-0.39, 0.29) is 0 Å². The molecule has 0 saturated carbocycles. The Morgan fingerprint density at radius 3 is 2.40 bits per heavy atom. The Balaban J connectivity index is 1.39. The van der Waals surface area contributed by atoms with Gasteiger partial charge >= 0.3 is 0 Å². The Hall–Kier alpha value is -2.26. The summed E-state index contributed by atoms with van der Waals surface area (Å²) in [4.78, 5) is 5.11. The van der Waals surface area contributed by atoms with E-state index in [1.165, 1.54) is 16.8 Å². The van der Waals surface area contributed by atoms with Gasteiger partial charge in [0.15, 0.2) is 0 Å². The average molecular weight is 334 g/mol. The SMILES string of the molecule is COc1ccc(N2CCN(C(C)C3C=Cc4ccccc43)CC2)cc1. The van der Waals surface area contributed by atoms with Crippen LogP contribution in [-0.2, 0) is 0 Å². The van der Waals surface area contributed by atoms with Gasteiger partial charge in [-0.25, -0.2) is 0 Å². The second kappa shape index (κ2) is 6.93. The lowest BCUT2D eigenvalue weighted by Gasteiger charge is -2.41. The van der Waals surface area contributed by atoms with Crippen molar-refractivity contribution in [1.29, 1.82) is 0 Å². The maximum atomic E-state index is 5.26. The van der Waals surface area contributed by atoms with Crippen LogP contribution in [-0.4, -0.2) is 44.2 Å². The number of hydrogen-bond donors (Lipinski definition) is 0. The molecule has 1 aliphatic carbocycles. The molecule has 2 unspecified atom stereocenters. The molecule has 0 radical (unpaired) electrons. The number of piperazine rings is 1. The fourth-order valence-electron chi connectivity index (χ4n) is 4.11. The van der Waals surface area contributed by atoms with Crippen molar-refractivity contribution in [3.05, 3.63) is 65.7 Å². The summed E-state index contributed by atoms with van der Waals surface area (Å²) >= 11 is 0. The normalized spacial score (nSPS) is 21.2. The zero-order valence-electron chi connectivity index (χ0n) is 15.1. The Kier molecular flexibility index (Phi) is 4.50. The van der Waals surface area contributed by atoms with Crippen molar-refractivity contribution in [2.24, 2.45) is 0 Å². The summed E-state index contributed by atoms with van der Waals surface area (Å²) in [6.45, 7) is 6.75. The van der Waals surface area contributed by atoms with Crippen molar-refractivity contribution in [3.63, 3.8) is 0 Å². The molecule has 2 aromatic rings. The summed E-state index contributed by atoms with van der Waals surface area (Å²) in [6.07, 6.45) is 4.66. The van der Waals surface area contributed by atoms with Crippen LogP contribution in [0.15, 0.2) is 54.6 Å². The van der Waals surface area contributed by atoms with Crippen LogP contribution in [0.2, 0.25) is 0 Å². The minimum Gasteiger partial charge on any atom is -0.497 e. The first kappa shape index (κ1) is 16.2. The summed E-state index contributed by atoms with van der Waals surface area (Å²) in [6, 6.07) is 17.7. The third-order valence-corrected chi connectivity index (χ3v) is 5.69. The third kappa shape index (κ3) is 3.16. The molecule has 130 valence electrons. The van der Waals surface area contributed by atoms with Crippen LogP contribution in [0.3, 0.4) is 0 Å². The summed E-state index contributed by atoms with van der Waals surface area (Å²) in [5.74, 6) is 1.44. The maximum Gasteiger partial charge on any atom is 0.119 e. The maximum absolute atomic E-state index is 5.26. The van der Waals surface area contributed by atoms with Crippen LogP contribution in [0.5, 0.6) is 5.75 Å². The monoisotopic (exact) mass is 334 g/mol. The molecule has 1 fully saturated rings. The van der Waals surface area contributed by atoms with Gasteiger partial charge in [0.2, 0.25) is 0 Å². The van der Waals surface area contributed by atoms with Crippen LogP contribution >= 0.6 is 0 Å². The second-order valence-corrected chi connectivity index (χ2v) is 6.98. The number of nitrogens with zero attached hydrogens (tertiary/aromatic N) is 2. The molecule has 1 heterocycles. The highest BCUT2D eigenvalue weighted by molar-refractivity contribution is 5.62. The van der Waals surface area contributed by atoms with Crippen LogP contribution in [0.4, 0.5) is 5.69 Å². The smallest absolute Gasteiger partial charge is 0.119 e. The van der Waals surface area contributed by atoms with Gasteiger partial charge in [-0.3, -0.25) is 4.90 Å². The number of benzene rings is 2. The van der Waals surface area contributed by atoms with E-state index in [9.17, 15) is 0 Å². The van der Waals surface area contributed by atoms with Crippen molar-refractivity contribution in [3.8, 4) is 5.75 Å². The Labute approximate surface area is 150 Å². The predicted octanol–water partition coefficient (Wildman–Crippen LogP) is 4.02. The number of methoxy groups -OCH3 is 1. The largest absolute Gasteiger partial charge is 0.497 e. The molecule has 1 aliphatic heterocycles. The van der Waals surface area contributed by atoms with Crippen molar-refractivity contribution >= 4 is 11.8 Å². The van der Waals surface area contributed by atoms with Gasteiger partial charge < -0.3 is 9.64 Å². The van der Waals surface area contributed by atoms with E-state index in [0.717, 1.165) is 31.9 Å². The first-order chi connectivity index (χ1) is 12.3. The fraction of sp³-hybridized carbons (Fsp3) is 0.364. The standard InChI is InChI=1S/C22H26N2O/c1-17(21-12-7-18-5-3-4-6-22(18)21)23-13-15-24(16-14-23)19-8-10-20(25-2)11-9-19/h3-12,17,21H,13-16H2,1-2H3. The van der Waals surface area contributed by atoms with Crippen LogP contribution in [0, 0.1) is 0 Å². The average Bonchev–Trinajstić information content (AvgIpc) is 3.12. The van der Waals surface area contributed by atoms with Crippen molar-refractivity contribution in [2.75, 3.05) is 38.2 Å². The highest BCUT2D eigenvalue weighted by atomic mass is 16.5. The first-order valence-electron chi connectivity index (χ1n) is 9.16. The number of hydrogen-bond acceptors (Lipinski definition) is 3. The van der Waals surface area contributed by atoms with Gasteiger partial charge in [-0.1, -0.05) is 36.4 Å². The van der Waals surface area contributed by atoms with E-state index in [2.05, 4.69) is 65.3 Å². The van der Waals surface area contributed by atoms with E-state index in [1.54, 1.807) is 7.11 Å². The molecule has 4 rings (SSSR count). The van der Waals surface area contributed by atoms with Crippen LogP contribution < -0.4 is 9.64 Å². The summed E-state index contributed by atoms with van der Waals surface area (Å²) in [5, 5.41) is 0. The molecular weight excluding hydrogens is 308 g/mol. The zero-order chi connectivity index (χ0) is 17.2. The fourth-order valence-corrected chi connectivity index (χ4v) is 4.11. The molecule has 3 heteroatoms. The predicted molar refractivity (Wildman–Crippen MR) is 104 cm³/mol. The lowest BCUT2D eigenvalue weighted by Crippen LogP contribution is -2.50. The van der Waals surface area contributed by atoms with Gasteiger partial charge in [0.25, 0.3) is 0 Å². The van der Waals surface area contributed by atoms with E-state index in [4.69, 9.17) is 4.74 Å². The minimum absolute atomic E-state index is 0.517. The van der Waals surface area contributed by atoms with Crippen LogP contribution in [0.25, 0.3) is 6.08 Å². The van der Waals surface area contributed by atoms with E-state index >= 15 is 0 Å². The van der Waals surface area contributed by atoms with Gasteiger partial charge in [0, 0.05) is 43.8 Å². The number of ether oxygens (including phenoxy) is 1. The minimum atomic E-state index is 0.517. The van der Waals surface area contributed by atoms with E-state index < -0.39 is 0 Å². The number of rotatable bonds is 4. The lowest BCUT2D eigenvalue weighted by molar-refractivity contribution is 0.185. The highest BCUT2D eigenvalue weighted by Crippen LogP contribution is 2.34. The Bertz CT molecular complexity index is 745.